The van der Waals surface area contributed by atoms with Crippen LogP contribution >= 0.6 is 0 Å². The van der Waals surface area contributed by atoms with E-state index in [4.69, 9.17) is 0 Å². The average molecular weight is 285 g/mol. The lowest BCUT2D eigenvalue weighted by molar-refractivity contribution is 0.369. The molecular formula is C13H23N3O2S. The third kappa shape index (κ3) is 3.91. The summed E-state index contributed by atoms with van der Waals surface area (Å²) in [5.41, 5.74) is 0. The van der Waals surface area contributed by atoms with Crippen LogP contribution in [-0.2, 0) is 10.0 Å². The van der Waals surface area contributed by atoms with Gasteiger partial charge in [0.25, 0.3) is 0 Å². The Balaban J connectivity index is 2.96. The lowest BCUT2D eigenvalue weighted by Gasteiger charge is -2.24. The molecule has 0 radical (unpaired) electrons. The molecule has 0 fully saturated rings. The molecular weight excluding hydrogens is 262 g/mol. The molecule has 0 aliphatic heterocycles. The van der Waals surface area contributed by atoms with Gasteiger partial charge in [0.05, 0.1) is 0 Å². The van der Waals surface area contributed by atoms with Crippen LogP contribution in [0.3, 0.4) is 0 Å². The van der Waals surface area contributed by atoms with E-state index in [0.29, 0.717) is 12.4 Å². The summed E-state index contributed by atoms with van der Waals surface area (Å²) in [4.78, 5) is 4.38. The molecule has 1 N–H and O–H groups in total. The molecule has 0 aliphatic carbocycles. The van der Waals surface area contributed by atoms with Crippen molar-refractivity contribution in [2.75, 3.05) is 18.4 Å². The smallest absolute Gasteiger partial charge is 0.244 e. The molecule has 1 aromatic heterocycles. The van der Waals surface area contributed by atoms with E-state index >= 15 is 0 Å². The Morgan fingerprint density at radius 2 is 2.00 bits per heavy atom. The number of sulfonamides is 1. The standard InChI is InChI=1S/C13H23N3O2S/c1-5-9-14-13-8-7-12(10-15-13)19(17,18)16(6-2)11(3)4/h7-8,10-11H,5-6,9H2,1-4H3,(H,14,15). The fraction of sp³-hybridized carbons (Fsp3) is 0.615. The van der Waals surface area contributed by atoms with Crippen molar-refractivity contribution in [3.05, 3.63) is 18.3 Å². The molecule has 1 heterocycles. The van der Waals surface area contributed by atoms with Crippen molar-refractivity contribution in [2.24, 2.45) is 0 Å². The fourth-order valence-electron chi connectivity index (χ4n) is 1.84. The predicted molar refractivity (Wildman–Crippen MR) is 77.7 cm³/mol. The van der Waals surface area contributed by atoms with E-state index < -0.39 is 10.0 Å². The zero-order chi connectivity index (χ0) is 14.5. The van der Waals surface area contributed by atoms with Crippen molar-refractivity contribution in [1.29, 1.82) is 0 Å². The van der Waals surface area contributed by atoms with Crippen LogP contribution in [0.25, 0.3) is 0 Å². The summed E-state index contributed by atoms with van der Waals surface area (Å²) >= 11 is 0. The van der Waals surface area contributed by atoms with Crippen molar-refractivity contribution in [3.63, 3.8) is 0 Å². The fourth-order valence-corrected chi connectivity index (χ4v) is 3.43. The molecule has 0 bridgehead atoms. The van der Waals surface area contributed by atoms with E-state index in [0.717, 1.165) is 13.0 Å². The minimum atomic E-state index is -3.44. The quantitative estimate of drug-likeness (QED) is 0.835. The van der Waals surface area contributed by atoms with E-state index in [9.17, 15) is 8.42 Å². The Morgan fingerprint density at radius 3 is 2.42 bits per heavy atom. The van der Waals surface area contributed by atoms with Gasteiger partial charge in [0.15, 0.2) is 0 Å². The first-order valence-electron chi connectivity index (χ1n) is 6.65. The molecule has 0 spiro atoms. The first kappa shape index (κ1) is 15.9. The summed E-state index contributed by atoms with van der Waals surface area (Å²) in [5.74, 6) is 0.702. The van der Waals surface area contributed by atoms with E-state index in [1.54, 1.807) is 12.1 Å². The molecule has 0 amide bonds. The number of aromatic nitrogens is 1. The van der Waals surface area contributed by atoms with Crippen LogP contribution < -0.4 is 5.32 Å². The highest BCUT2D eigenvalue weighted by molar-refractivity contribution is 7.89. The van der Waals surface area contributed by atoms with Gasteiger partial charge in [-0.05, 0) is 32.4 Å². The summed E-state index contributed by atoms with van der Waals surface area (Å²) in [6, 6.07) is 3.25. The largest absolute Gasteiger partial charge is 0.370 e. The Kier molecular flexibility index (Phi) is 5.75. The number of pyridine rings is 1. The number of hydrogen-bond acceptors (Lipinski definition) is 4. The zero-order valence-corrected chi connectivity index (χ0v) is 12.9. The topological polar surface area (TPSA) is 62.3 Å². The SMILES string of the molecule is CCCNc1ccc(S(=O)(=O)N(CC)C(C)C)cn1. The molecule has 1 rings (SSSR count). The van der Waals surface area contributed by atoms with Gasteiger partial charge < -0.3 is 5.32 Å². The molecule has 0 saturated heterocycles. The zero-order valence-electron chi connectivity index (χ0n) is 12.0. The molecule has 108 valence electrons. The molecule has 0 aliphatic rings. The summed E-state index contributed by atoms with van der Waals surface area (Å²) in [6.45, 7) is 8.91. The summed E-state index contributed by atoms with van der Waals surface area (Å²) in [5, 5.41) is 3.12. The molecule has 5 nitrogen and oxygen atoms in total. The summed E-state index contributed by atoms with van der Waals surface area (Å²) in [7, 11) is -3.44. The van der Waals surface area contributed by atoms with Crippen molar-refractivity contribution >= 4 is 15.8 Å². The molecule has 19 heavy (non-hydrogen) atoms. The maximum atomic E-state index is 12.4. The first-order valence-corrected chi connectivity index (χ1v) is 8.09. The molecule has 0 saturated carbocycles. The van der Waals surface area contributed by atoms with E-state index in [1.165, 1.54) is 10.5 Å². The van der Waals surface area contributed by atoms with E-state index in [2.05, 4.69) is 17.2 Å². The van der Waals surface area contributed by atoms with Gasteiger partial charge in [-0.1, -0.05) is 13.8 Å². The van der Waals surface area contributed by atoms with Crippen LogP contribution in [0.2, 0.25) is 0 Å². The number of rotatable bonds is 7. The van der Waals surface area contributed by atoms with Crippen molar-refractivity contribution in [1.82, 2.24) is 9.29 Å². The Morgan fingerprint density at radius 1 is 1.32 bits per heavy atom. The second-order valence-corrected chi connectivity index (χ2v) is 6.50. The van der Waals surface area contributed by atoms with Crippen molar-refractivity contribution in [2.45, 2.75) is 45.1 Å². The molecule has 0 unspecified atom stereocenters. The molecule has 1 aromatic rings. The monoisotopic (exact) mass is 285 g/mol. The second kappa shape index (κ2) is 6.86. The van der Waals surface area contributed by atoms with Gasteiger partial charge in [0.1, 0.15) is 10.7 Å². The van der Waals surface area contributed by atoms with Crippen LogP contribution in [0, 0.1) is 0 Å². The van der Waals surface area contributed by atoms with Crippen molar-refractivity contribution < 1.29 is 8.42 Å². The minimum Gasteiger partial charge on any atom is -0.370 e. The van der Waals surface area contributed by atoms with Gasteiger partial charge in [0.2, 0.25) is 10.0 Å². The Hall–Kier alpha value is -1.14. The summed E-state index contributed by atoms with van der Waals surface area (Å²) < 4.78 is 26.3. The predicted octanol–water partition coefficient (Wildman–Crippen LogP) is 2.32. The number of anilines is 1. The highest BCUT2D eigenvalue weighted by atomic mass is 32.2. The van der Waals surface area contributed by atoms with Crippen molar-refractivity contribution in [3.8, 4) is 0 Å². The van der Waals surface area contributed by atoms with Gasteiger partial charge >= 0.3 is 0 Å². The molecule has 6 heteroatoms. The van der Waals surface area contributed by atoms with Crippen LogP contribution in [0.4, 0.5) is 5.82 Å². The third-order valence-electron chi connectivity index (χ3n) is 2.79. The maximum absolute atomic E-state index is 12.4. The normalized spacial score (nSPS) is 12.1. The summed E-state index contributed by atoms with van der Waals surface area (Å²) in [6.07, 6.45) is 2.41. The van der Waals surface area contributed by atoms with Crippen LogP contribution in [0.5, 0.6) is 0 Å². The van der Waals surface area contributed by atoms with Crippen LogP contribution in [0.1, 0.15) is 34.1 Å². The van der Waals surface area contributed by atoms with Gasteiger partial charge in [-0.15, -0.1) is 0 Å². The number of nitrogens with zero attached hydrogens (tertiary/aromatic N) is 2. The average Bonchev–Trinajstić information content (AvgIpc) is 2.36. The third-order valence-corrected chi connectivity index (χ3v) is 4.92. The first-order chi connectivity index (χ1) is 8.93. The van der Waals surface area contributed by atoms with E-state index in [1.807, 2.05) is 20.8 Å². The van der Waals surface area contributed by atoms with Gasteiger partial charge in [-0.3, -0.25) is 0 Å². The number of nitrogens with one attached hydrogen (secondary N) is 1. The minimum absolute atomic E-state index is 0.0621. The number of hydrogen-bond donors (Lipinski definition) is 1. The van der Waals surface area contributed by atoms with Crippen LogP contribution in [0.15, 0.2) is 23.2 Å². The Labute approximate surface area is 116 Å². The lowest BCUT2D eigenvalue weighted by atomic mass is 10.4. The van der Waals surface area contributed by atoms with Gasteiger partial charge in [-0.25, -0.2) is 13.4 Å². The van der Waals surface area contributed by atoms with Gasteiger partial charge in [-0.2, -0.15) is 4.31 Å². The van der Waals surface area contributed by atoms with Crippen LogP contribution in [-0.4, -0.2) is 36.8 Å². The second-order valence-electron chi connectivity index (χ2n) is 4.61. The highest BCUT2D eigenvalue weighted by Gasteiger charge is 2.25. The molecule has 0 atom stereocenters. The van der Waals surface area contributed by atoms with E-state index in [-0.39, 0.29) is 10.9 Å². The Bertz CT molecular complexity index is 483. The lowest BCUT2D eigenvalue weighted by Crippen LogP contribution is -2.36. The van der Waals surface area contributed by atoms with Gasteiger partial charge in [0, 0.05) is 25.3 Å². The highest BCUT2D eigenvalue weighted by Crippen LogP contribution is 2.18. The maximum Gasteiger partial charge on any atom is 0.244 e. The molecule has 0 aromatic carbocycles.